The van der Waals surface area contributed by atoms with Crippen LogP contribution in [0.15, 0.2) is 121 Å². The number of rotatable bonds is 16. The van der Waals surface area contributed by atoms with Crippen molar-refractivity contribution in [3.8, 4) is 45.8 Å². The molecule has 1 aliphatic carbocycles. The fraction of sp³-hybridized carbons (Fsp3) is 0.294. The number of Topliss-reactive ketones (excluding diaryl/α,β-unsaturated/α-hetero) is 2. The number of carboxylic acids is 2. The molecule has 0 unspecified atom stereocenters. The Labute approximate surface area is 478 Å². The largest absolute Gasteiger partial charge is 0.507 e. The highest BCUT2D eigenvalue weighted by atomic mass is 16.5. The zero-order valence-electron chi connectivity index (χ0n) is 47.6. The van der Waals surface area contributed by atoms with Crippen LogP contribution in [0.5, 0.6) is 23.0 Å². The van der Waals surface area contributed by atoms with Crippen LogP contribution in [0.2, 0.25) is 0 Å². The molecule has 8 bridgehead atoms. The maximum absolute atomic E-state index is 14.2. The summed E-state index contributed by atoms with van der Waals surface area (Å²) in [4.78, 5) is 71.5. The second-order valence-corrected chi connectivity index (χ2v) is 23.3. The molecule has 4 N–H and O–H groups in total. The minimum atomic E-state index is -1.12. The SMILES string of the molecule is Cc1cccc(-c2cccc(COc3c4cc(C(=O)CCC(=O)O)cc3Cc3cc(C(C)(C)C)cc(c3O)Cc3cc(C(=O)CCC(=O)O)cc(c3OCc3cccc(-c5cccc(C)n5)n3)Cc3cc(C(C)(C)C)cc(c3O)C4)n2)n1. The van der Waals surface area contributed by atoms with Gasteiger partial charge >= 0.3 is 11.9 Å². The van der Waals surface area contributed by atoms with Gasteiger partial charge < -0.3 is 29.9 Å². The van der Waals surface area contributed by atoms with E-state index in [1.165, 1.54) is 0 Å². The molecule has 82 heavy (non-hydrogen) atoms. The van der Waals surface area contributed by atoms with Crippen molar-refractivity contribution in [3.05, 3.63) is 211 Å². The van der Waals surface area contributed by atoms with E-state index in [2.05, 4.69) is 51.5 Å². The summed E-state index contributed by atoms with van der Waals surface area (Å²) in [7, 11) is 0. The molecule has 4 aromatic heterocycles. The van der Waals surface area contributed by atoms with Crippen LogP contribution in [0.4, 0.5) is 0 Å². The van der Waals surface area contributed by atoms with E-state index < -0.39 is 34.3 Å². The monoisotopic (exact) mass is 1100 g/mol. The molecule has 1 aliphatic rings. The van der Waals surface area contributed by atoms with Gasteiger partial charge in [0.2, 0.25) is 0 Å². The third-order valence-electron chi connectivity index (χ3n) is 14.7. The summed E-state index contributed by atoms with van der Waals surface area (Å²) >= 11 is 0. The number of aliphatic carboxylic acids is 2. The maximum atomic E-state index is 14.2. The van der Waals surface area contributed by atoms with Crippen molar-refractivity contribution in [2.24, 2.45) is 0 Å². The number of benzene rings is 4. The number of aromatic nitrogens is 4. The summed E-state index contributed by atoms with van der Waals surface area (Å²) in [5, 5.41) is 45.0. The van der Waals surface area contributed by atoms with Gasteiger partial charge in [0.1, 0.15) is 36.2 Å². The first-order valence-corrected chi connectivity index (χ1v) is 27.5. The standard InChI is InChI=1S/C68H68N4O10/c1-39-13-9-17-55(69-39)57-19-11-15-53(71-57)37-81-65-47-25-41(59(73)21-23-61(75)76)26-48(65)30-44-34-52(68(6,7)8)36-46(64(44)80)32-50-28-42(60(74)22-24-62(77)78)27-49(31-45-35-51(67(3,4)5)33-43(29-47)63(45)79)66(50)82-38-54-16-12-20-58(72-54)56-18-10-14-40(2)70-56/h9-20,25-28,33-36,79-80H,21-24,29-32,37-38H2,1-8H3,(H,75,76)(H,77,78). The lowest BCUT2D eigenvalue weighted by Crippen LogP contribution is -2.15. The van der Waals surface area contributed by atoms with Crippen LogP contribution >= 0.6 is 0 Å². The highest BCUT2D eigenvalue weighted by Gasteiger charge is 2.28. The van der Waals surface area contributed by atoms with E-state index >= 15 is 0 Å². The van der Waals surface area contributed by atoms with Crippen molar-refractivity contribution < 1.29 is 49.1 Å². The van der Waals surface area contributed by atoms with E-state index in [1.807, 2.05) is 111 Å². The molecule has 14 nitrogen and oxygen atoms in total. The molecule has 4 aromatic carbocycles. The summed E-state index contributed by atoms with van der Waals surface area (Å²) in [6, 6.07) is 37.2. The number of pyridine rings is 4. The number of nitrogens with zero attached hydrogens (tertiary/aromatic N) is 4. The number of ketones is 2. The Morgan fingerprint density at radius 2 is 0.732 bits per heavy atom. The number of carbonyl (C=O) groups is 4. The van der Waals surface area contributed by atoms with Crippen molar-refractivity contribution >= 4 is 23.5 Å². The molecule has 0 atom stereocenters. The summed E-state index contributed by atoms with van der Waals surface area (Å²) in [6.07, 6.45) is -1.18. The smallest absolute Gasteiger partial charge is 0.303 e. The average Bonchev–Trinajstić information content (AvgIpc) is 3.55. The number of carbonyl (C=O) groups excluding carboxylic acids is 2. The summed E-state index contributed by atoms with van der Waals surface area (Å²) in [6.45, 7) is 16.2. The number of aryl methyl sites for hydroxylation is 2. The molecule has 0 amide bonds. The fourth-order valence-electron chi connectivity index (χ4n) is 10.3. The first-order valence-electron chi connectivity index (χ1n) is 27.5. The van der Waals surface area contributed by atoms with E-state index in [1.54, 1.807) is 24.3 Å². The summed E-state index contributed by atoms with van der Waals surface area (Å²) in [5.41, 5.74) is 10.9. The van der Waals surface area contributed by atoms with Crippen LogP contribution in [-0.2, 0) is 59.3 Å². The zero-order chi connectivity index (χ0) is 58.6. The second kappa shape index (κ2) is 24.0. The number of hydrogen-bond acceptors (Lipinski definition) is 12. The lowest BCUT2D eigenvalue weighted by Gasteiger charge is -2.26. The molecule has 420 valence electrons. The van der Waals surface area contributed by atoms with E-state index in [0.717, 1.165) is 22.5 Å². The Balaban J connectivity index is 1.28. The molecular formula is C68H68N4O10. The average molecular weight is 1100 g/mol. The first-order chi connectivity index (χ1) is 38.9. The van der Waals surface area contributed by atoms with Crippen LogP contribution in [0.1, 0.15) is 166 Å². The van der Waals surface area contributed by atoms with E-state index in [4.69, 9.17) is 19.4 Å². The van der Waals surface area contributed by atoms with Gasteiger partial charge in [-0.1, -0.05) is 90.1 Å². The number of ether oxygens (including phenoxy) is 2. The Hall–Kier alpha value is -9.04. The van der Waals surface area contributed by atoms with Crippen molar-refractivity contribution in [1.29, 1.82) is 0 Å². The Kier molecular flexibility index (Phi) is 16.8. The number of fused-ring (bicyclic) bond motifs is 8. The molecule has 0 spiro atoms. The van der Waals surface area contributed by atoms with Gasteiger partial charge in [-0.25, -0.2) is 9.97 Å². The lowest BCUT2D eigenvalue weighted by molar-refractivity contribution is -0.137. The normalized spacial score (nSPS) is 12.4. The highest BCUT2D eigenvalue weighted by molar-refractivity contribution is 5.99. The molecule has 0 saturated carbocycles. The lowest BCUT2D eigenvalue weighted by atomic mass is 9.81. The molecule has 0 saturated heterocycles. The van der Waals surface area contributed by atoms with Gasteiger partial charge in [0.05, 0.1) is 47.0 Å². The van der Waals surface area contributed by atoms with Gasteiger partial charge in [-0.15, -0.1) is 0 Å². The van der Waals surface area contributed by atoms with Gasteiger partial charge in [-0.3, -0.25) is 29.1 Å². The fourth-order valence-corrected chi connectivity index (χ4v) is 10.3. The Morgan fingerprint density at radius 1 is 0.427 bits per heavy atom. The summed E-state index contributed by atoms with van der Waals surface area (Å²) < 4.78 is 13.9. The van der Waals surface area contributed by atoms with Crippen molar-refractivity contribution in [1.82, 2.24) is 19.9 Å². The van der Waals surface area contributed by atoms with Crippen molar-refractivity contribution in [3.63, 3.8) is 0 Å². The van der Waals surface area contributed by atoms with Gasteiger partial charge in [0, 0.05) is 61.0 Å². The highest BCUT2D eigenvalue weighted by Crippen LogP contribution is 2.43. The predicted octanol–water partition coefficient (Wildman–Crippen LogP) is 13.2. The number of phenolic OH excluding ortho intramolecular Hbond substituents is 2. The molecule has 9 rings (SSSR count). The number of hydrogen-bond donors (Lipinski definition) is 4. The third kappa shape index (κ3) is 13.7. The molecule has 8 aromatic rings. The third-order valence-corrected chi connectivity index (χ3v) is 14.7. The molecule has 0 radical (unpaired) electrons. The van der Waals surface area contributed by atoms with E-state index in [9.17, 15) is 39.6 Å². The summed E-state index contributed by atoms with van der Waals surface area (Å²) in [5.74, 6) is -2.35. The Morgan fingerprint density at radius 3 is 1.02 bits per heavy atom. The Bertz CT molecular complexity index is 3450. The van der Waals surface area contributed by atoms with Crippen molar-refractivity contribution in [2.75, 3.05) is 0 Å². The van der Waals surface area contributed by atoms with Gasteiger partial charge in [-0.2, -0.15) is 0 Å². The van der Waals surface area contributed by atoms with Crippen LogP contribution in [0.3, 0.4) is 0 Å². The van der Waals surface area contributed by atoms with E-state index in [-0.39, 0.29) is 87.2 Å². The maximum Gasteiger partial charge on any atom is 0.303 e. The first kappa shape index (κ1) is 57.6. The van der Waals surface area contributed by atoms with Gasteiger partial charge in [-0.05, 0) is 153 Å². The van der Waals surface area contributed by atoms with E-state index in [0.29, 0.717) is 90.2 Å². The van der Waals surface area contributed by atoms with Crippen LogP contribution < -0.4 is 9.47 Å². The molecule has 0 fully saturated rings. The predicted molar refractivity (Wildman–Crippen MR) is 313 cm³/mol. The van der Waals surface area contributed by atoms with Gasteiger partial charge in [0.15, 0.2) is 11.6 Å². The van der Waals surface area contributed by atoms with Crippen LogP contribution in [-0.4, -0.2) is 63.9 Å². The molecule has 14 heteroatoms. The molecule has 4 heterocycles. The molecular weight excluding hydrogens is 1030 g/mol. The minimum Gasteiger partial charge on any atom is -0.507 e. The van der Waals surface area contributed by atoms with Gasteiger partial charge in [0.25, 0.3) is 0 Å². The molecule has 0 aliphatic heterocycles. The zero-order valence-corrected chi connectivity index (χ0v) is 47.6. The quantitative estimate of drug-likeness (QED) is 0.0662. The number of carboxylic acid groups (broad SMARTS) is 2. The van der Waals surface area contributed by atoms with Crippen molar-refractivity contribution in [2.45, 2.75) is 131 Å². The minimum absolute atomic E-state index is 0.0158. The van der Waals surface area contributed by atoms with Crippen LogP contribution in [0.25, 0.3) is 22.8 Å². The topological polar surface area (TPSA) is 219 Å². The van der Waals surface area contributed by atoms with Crippen LogP contribution in [0, 0.1) is 13.8 Å². The number of aromatic hydroxyl groups is 2. The number of phenols is 2. The second-order valence-electron chi connectivity index (χ2n) is 23.3.